The molecule has 1 aliphatic rings. The average molecular weight is 352 g/mol. The monoisotopic (exact) mass is 352 g/mol. The maximum absolute atomic E-state index is 12.4. The number of para-hydroxylation sites is 1. The van der Waals surface area contributed by atoms with Gasteiger partial charge in [-0.25, -0.2) is 13.8 Å². The Balaban J connectivity index is 2.11. The molecule has 0 saturated carbocycles. The fourth-order valence-electron chi connectivity index (χ4n) is 2.60. The lowest BCUT2D eigenvalue weighted by Gasteiger charge is -2.28. The number of hydrogen-bond acceptors (Lipinski definition) is 5. The molecule has 1 N–H and O–H groups in total. The van der Waals surface area contributed by atoms with E-state index in [1.165, 1.54) is 0 Å². The number of hydrogen-bond donors (Lipinski definition) is 1. The zero-order valence-corrected chi connectivity index (χ0v) is 15.1. The third-order valence-corrected chi connectivity index (χ3v) is 5.23. The van der Waals surface area contributed by atoms with Crippen LogP contribution in [0.25, 0.3) is 0 Å². The molecule has 24 heavy (non-hydrogen) atoms. The third-order valence-electron chi connectivity index (χ3n) is 3.99. The van der Waals surface area contributed by atoms with Crippen LogP contribution in [-0.2, 0) is 14.8 Å². The highest BCUT2D eigenvalue weighted by Gasteiger charge is 2.29. The number of hydrazone groups is 1. The van der Waals surface area contributed by atoms with Gasteiger partial charge in [0.25, 0.3) is 5.91 Å². The number of piperidine rings is 1. The predicted octanol–water partition coefficient (Wildman–Crippen LogP) is 1.04. The summed E-state index contributed by atoms with van der Waals surface area (Å²) in [6, 6.07) is 7.69. The minimum absolute atomic E-state index is 0.448. The van der Waals surface area contributed by atoms with Crippen LogP contribution in [0.5, 0.6) is 0 Å². The predicted molar refractivity (Wildman–Crippen MR) is 95.5 cm³/mol. The second-order valence-electron chi connectivity index (χ2n) is 6.03. The molecule has 1 aromatic carbocycles. The smallest absolute Gasteiger partial charge is 0.263 e. The van der Waals surface area contributed by atoms with Crippen molar-refractivity contribution in [3.8, 4) is 0 Å². The molecule has 1 aliphatic heterocycles. The van der Waals surface area contributed by atoms with Gasteiger partial charge in [-0.3, -0.25) is 9.10 Å². The van der Waals surface area contributed by atoms with E-state index in [4.69, 9.17) is 0 Å². The minimum atomic E-state index is -3.60. The molecular weight excluding hydrogens is 328 g/mol. The van der Waals surface area contributed by atoms with Crippen LogP contribution in [0.4, 0.5) is 5.69 Å². The topological polar surface area (TPSA) is 82.1 Å². The van der Waals surface area contributed by atoms with Crippen LogP contribution in [0.2, 0.25) is 0 Å². The SMILES string of the molecule is C[C@@H](C(=O)NN=C1CCN(C)CC1)N(c1ccccc1)S(C)(=O)=O. The summed E-state index contributed by atoms with van der Waals surface area (Å²) in [5.74, 6) is -0.448. The highest BCUT2D eigenvalue weighted by molar-refractivity contribution is 7.92. The molecule has 0 unspecified atom stereocenters. The van der Waals surface area contributed by atoms with Gasteiger partial charge in [0.05, 0.1) is 11.9 Å². The Morgan fingerprint density at radius 1 is 1.25 bits per heavy atom. The number of anilines is 1. The summed E-state index contributed by atoms with van der Waals surface area (Å²) in [5, 5.41) is 4.17. The lowest BCUT2D eigenvalue weighted by atomic mass is 10.1. The summed E-state index contributed by atoms with van der Waals surface area (Å²) in [5.41, 5.74) is 3.90. The van der Waals surface area contributed by atoms with Crippen LogP contribution in [0, 0.1) is 0 Å². The number of carbonyl (C=O) groups is 1. The standard InChI is InChI=1S/C16H24N4O3S/c1-13(16(21)18-17-14-9-11-19(2)12-10-14)20(24(3,22)23)15-7-5-4-6-8-15/h4-8,13H,9-12H2,1-3H3,(H,18,21)/t13-/m0/s1. The van der Waals surface area contributed by atoms with Gasteiger partial charge in [0.2, 0.25) is 10.0 Å². The second kappa shape index (κ2) is 7.76. The lowest BCUT2D eigenvalue weighted by molar-refractivity contribution is -0.121. The van der Waals surface area contributed by atoms with Crippen LogP contribution in [0.15, 0.2) is 35.4 Å². The maximum Gasteiger partial charge on any atom is 0.263 e. The van der Waals surface area contributed by atoms with Crippen molar-refractivity contribution in [3.05, 3.63) is 30.3 Å². The molecule has 1 atom stereocenters. The summed E-state index contributed by atoms with van der Waals surface area (Å²) >= 11 is 0. The molecule has 1 saturated heterocycles. The van der Waals surface area contributed by atoms with Gasteiger partial charge in [-0.15, -0.1) is 0 Å². The fraction of sp³-hybridized carbons (Fsp3) is 0.500. The number of amides is 1. The average Bonchev–Trinajstić information content (AvgIpc) is 2.54. The van der Waals surface area contributed by atoms with Gasteiger partial charge < -0.3 is 4.90 Å². The third kappa shape index (κ3) is 4.78. The highest BCUT2D eigenvalue weighted by Crippen LogP contribution is 2.20. The number of nitrogens with zero attached hydrogens (tertiary/aromatic N) is 3. The molecule has 132 valence electrons. The largest absolute Gasteiger partial charge is 0.306 e. The first kappa shape index (κ1) is 18.4. The van der Waals surface area contributed by atoms with Crippen LogP contribution in [-0.4, -0.2) is 57.4 Å². The number of benzene rings is 1. The van der Waals surface area contributed by atoms with E-state index in [9.17, 15) is 13.2 Å². The zero-order chi connectivity index (χ0) is 17.7. The van der Waals surface area contributed by atoms with Gasteiger partial charge in [-0.2, -0.15) is 5.10 Å². The van der Waals surface area contributed by atoms with Crippen LogP contribution >= 0.6 is 0 Å². The van der Waals surface area contributed by atoms with Crippen molar-refractivity contribution in [3.63, 3.8) is 0 Å². The van der Waals surface area contributed by atoms with Gasteiger partial charge >= 0.3 is 0 Å². The Morgan fingerprint density at radius 3 is 2.38 bits per heavy atom. The van der Waals surface area contributed by atoms with Crippen molar-refractivity contribution in [1.82, 2.24) is 10.3 Å². The zero-order valence-electron chi connectivity index (χ0n) is 14.3. The molecule has 1 aromatic rings. The number of sulfonamides is 1. The molecule has 1 fully saturated rings. The van der Waals surface area contributed by atoms with E-state index in [1.54, 1.807) is 37.3 Å². The number of likely N-dealkylation sites (tertiary alicyclic amines) is 1. The summed E-state index contributed by atoms with van der Waals surface area (Å²) in [6.45, 7) is 3.37. The summed E-state index contributed by atoms with van der Waals surface area (Å²) in [7, 11) is -1.55. The van der Waals surface area contributed by atoms with Crippen LogP contribution in [0.3, 0.4) is 0 Å². The molecule has 1 heterocycles. The van der Waals surface area contributed by atoms with E-state index in [-0.39, 0.29) is 0 Å². The van der Waals surface area contributed by atoms with E-state index in [1.807, 2.05) is 7.05 Å². The van der Waals surface area contributed by atoms with Crippen LogP contribution < -0.4 is 9.73 Å². The quantitative estimate of drug-likeness (QED) is 0.803. The van der Waals surface area contributed by atoms with Gasteiger partial charge in [-0.05, 0) is 26.1 Å². The maximum atomic E-state index is 12.4. The Bertz CT molecular complexity index is 693. The van der Waals surface area contributed by atoms with Crippen LogP contribution in [0.1, 0.15) is 19.8 Å². The summed E-state index contributed by atoms with van der Waals surface area (Å²) < 4.78 is 25.4. The first-order valence-corrected chi connectivity index (χ1v) is 9.72. The Kier molecular flexibility index (Phi) is 5.95. The van der Waals surface area contributed by atoms with Crippen molar-refractivity contribution in [2.24, 2.45) is 5.10 Å². The molecule has 0 bridgehead atoms. The molecular formula is C16H24N4O3S. The summed E-state index contributed by atoms with van der Waals surface area (Å²) in [6.07, 6.45) is 2.70. The molecule has 7 nitrogen and oxygen atoms in total. The van der Waals surface area contributed by atoms with E-state index >= 15 is 0 Å². The van der Waals surface area contributed by atoms with Crippen molar-refractivity contribution >= 4 is 27.3 Å². The molecule has 0 spiro atoms. The van der Waals surface area contributed by atoms with E-state index in [0.717, 1.165) is 42.2 Å². The Morgan fingerprint density at radius 2 is 1.83 bits per heavy atom. The number of rotatable bonds is 5. The number of nitrogens with one attached hydrogen (secondary N) is 1. The van der Waals surface area contributed by atoms with Gasteiger partial charge in [0, 0.05) is 31.6 Å². The van der Waals surface area contributed by atoms with Gasteiger partial charge in [-0.1, -0.05) is 18.2 Å². The summed E-state index contributed by atoms with van der Waals surface area (Å²) in [4.78, 5) is 14.6. The Labute approximate surface area is 143 Å². The first-order valence-electron chi connectivity index (χ1n) is 7.87. The van der Waals surface area contributed by atoms with Crippen molar-refractivity contribution in [2.75, 3.05) is 30.7 Å². The first-order chi connectivity index (χ1) is 11.3. The van der Waals surface area contributed by atoms with E-state index in [2.05, 4.69) is 15.4 Å². The van der Waals surface area contributed by atoms with Gasteiger partial charge in [0.15, 0.2) is 0 Å². The van der Waals surface area contributed by atoms with Crippen molar-refractivity contribution < 1.29 is 13.2 Å². The minimum Gasteiger partial charge on any atom is -0.306 e. The number of carbonyl (C=O) groups excluding carboxylic acids is 1. The molecule has 0 radical (unpaired) electrons. The molecule has 0 aliphatic carbocycles. The molecule has 2 rings (SSSR count). The highest BCUT2D eigenvalue weighted by atomic mass is 32.2. The normalized spacial score (nSPS) is 17.2. The molecule has 8 heteroatoms. The van der Waals surface area contributed by atoms with Gasteiger partial charge in [0.1, 0.15) is 6.04 Å². The second-order valence-corrected chi connectivity index (χ2v) is 7.89. The molecule has 0 aromatic heterocycles. The van der Waals surface area contributed by atoms with Crippen molar-refractivity contribution in [2.45, 2.75) is 25.8 Å². The molecule has 1 amide bonds. The lowest BCUT2D eigenvalue weighted by Crippen LogP contribution is -2.47. The van der Waals surface area contributed by atoms with E-state index in [0.29, 0.717) is 5.69 Å². The Hall–Kier alpha value is -1.93. The van der Waals surface area contributed by atoms with E-state index < -0.39 is 22.0 Å². The van der Waals surface area contributed by atoms with Crippen molar-refractivity contribution in [1.29, 1.82) is 0 Å². The fourth-order valence-corrected chi connectivity index (χ4v) is 3.77.